The molecule has 6 heteroatoms. The van der Waals surface area contributed by atoms with E-state index in [2.05, 4.69) is 10.4 Å². The van der Waals surface area contributed by atoms with Gasteiger partial charge in [-0.1, -0.05) is 18.2 Å². The van der Waals surface area contributed by atoms with Gasteiger partial charge in [0, 0.05) is 19.3 Å². The van der Waals surface area contributed by atoms with E-state index in [1.54, 1.807) is 48.3 Å². The molecule has 1 aromatic carbocycles. The van der Waals surface area contributed by atoms with Gasteiger partial charge in [-0.3, -0.25) is 14.3 Å². The predicted molar refractivity (Wildman–Crippen MR) is 74.2 cm³/mol. The minimum absolute atomic E-state index is 0.143. The third-order valence-electron chi connectivity index (χ3n) is 3.20. The first kappa shape index (κ1) is 12.4. The first-order chi connectivity index (χ1) is 9.65. The molecule has 1 aliphatic heterocycles. The maximum Gasteiger partial charge on any atom is 0.256 e. The van der Waals surface area contributed by atoms with Crippen LogP contribution in [0.2, 0.25) is 0 Å². The van der Waals surface area contributed by atoms with E-state index in [1.807, 2.05) is 6.07 Å². The van der Waals surface area contributed by atoms with Gasteiger partial charge >= 0.3 is 0 Å². The van der Waals surface area contributed by atoms with Crippen molar-refractivity contribution < 1.29 is 9.59 Å². The average molecular weight is 270 g/mol. The van der Waals surface area contributed by atoms with Crippen molar-refractivity contribution in [3.63, 3.8) is 0 Å². The Morgan fingerprint density at radius 2 is 1.95 bits per heavy atom. The third kappa shape index (κ3) is 2.16. The zero-order valence-electron chi connectivity index (χ0n) is 11.0. The van der Waals surface area contributed by atoms with Crippen LogP contribution in [0.3, 0.4) is 0 Å². The zero-order chi connectivity index (χ0) is 14.1. The van der Waals surface area contributed by atoms with Crippen molar-refractivity contribution in [2.45, 2.75) is 12.5 Å². The summed E-state index contributed by atoms with van der Waals surface area (Å²) in [5.74, 6) is 0.148. The van der Waals surface area contributed by atoms with Crippen molar-refractivity contribution in [3.05, 3.63) is 42.6 Å². The number of carbonyl (C=O) groups is 2. The number of carbonyl (C=O) groups excluding carboxylic acids is 2. The third-order valence-corrected chi connectivity index (χ3v) is 3.20. The zero-order valence-corrected chi connectivity index (χ0v) is 11.0. The maximum absolute atomic E-state index is 12.3. The largest absolute Gasteiger partial charge is 0.356 e. The Morgan fingerprint density at radius 3 is 2.60 bits per heavy atom. The Bertz CT molecular complexity index is 650. The molecule has 1 aromatic heterocycles. The summed E-state index contributed by atoms with van der Waals surface area (Å²) >= 11 is 0. The quantitative estimate of drug-likeness (QED) is 0.850. The molecule has 1 aliphatic rings. The van der Waals surface area contributed by atoms with Gasteiger partial charge in [0.15, 0.2) is 0 Å². The molecule has 2 heterocycles. The van der Waals surface area contributed by atoms with Crippen LogP contribution < -0.4 is 10.2 Å². The van der Waals surface area contributed by atoms with Crippen LogP contribution in [-0.4, -0.2) is 27.6 Å². The van der Waals surface area contributed by atoms with Crippen LogP contribution in [0, 0.1) is 0 Å². The van der Waals surface area contributed by atoms with Crippen LogP contribution in [0.1, 0.15) is 6.42 Å². The summed E-state index contributed by atoms with van der Waals surface area (Å²) in [7, 11) is 1.79. The van der Waals surface area contributed by atoms with Gasteiger partial charge in [0.2, 0.25) is 5.91 Å². The number of hydrogen-bond acceptors (Lipinski definition) is 4. The van der Waals surface area contributed by atoms with E-state index in [0.29, 0.717) is 11.5 Å². The van der Waals surface area contributed by atoms with Crippen LogP contribution in [-0.2, 0) is 16.6 Å². The van der Waals surface area contributed by atoms with E-state index in [9.17, 15) is 9.59 Å². The molecular weight excluding hydrogens is 256 g/mol. The van der Waals surface area contributed by atoms with Crippen molar-refractivity contribution in [1.82, 2.24) is 9.78 Å². The molecule has 1 saturated heterocycles. The molecule has 102 valence electrons. The second-order valence-electron chi connectivity index (χ2n) is 4.68. The van der Waals surface area contributed by atoms with E-state index >= 15 is 0 Å². The number of amides is 2. The number of rotatable bonds is 3. The van der Waals surface area contributed by atoms with E-state index in [1.165, 1.54) is 4.90 Å². The van der Waals surface area contributed by atoms with Gasteiger partial charge in [-0.05, 0) is 12.1 Å². The number of imide groups is 1. The lowest BCUT2D eigenvalue weighted by atomic mass is 10.2. The molecule has 1 atom stereocenters. The molecule has 20 heavy (non-hydrogen) atoms. The number of benzene rings is 1. The SMILES string of the molecule is Cn1ccc(NC2CC(=O)N(c3ccccc3)C2=O)n1. The monoisotopic (exact) mass is 270 g/mol. The molecular formula is C14H14N4O2. The van der Waals surface area contributed by atoms with Crippen LogP contribution in [0.5, 0.6) is 0 Å². The molecule has 0 saturated carbocycles. The van der Waals surface area contributed by atoms with Crippen molar-refractivity contribution in [2.75, 3.05) is 10.2 Å². The summed E-state index contributed by atoms with van der Waals surface area (Å²) in [6.45, 7) is 0. The Hall–Kier alpha value is -2.63. The average Bonchev–Trinajstić information content (AvgIpc) is 2.96. The number of aromatic nitrogens is 2. The first-order valence-corrected chi connectivity index (χ1v) is 6.33. The lowest BCUT2D eigenvalue weighted by Crippen LogP contribution is -2.34. The Kier molecular flexibility index (Phi) is 2.98. The van der Waals surface area contributed by atoms with E-state index in [4.69, 9.17) is 0 Å². The standard InChI is InChI=1S/C14H14N4O2/c1-17-8-7-12(16-17)15-11-9-13(19)18(14(11)20)10-5-3-2-4-6-10/h2-8,11H,9H2,1H3,(H,15,16). The molecule has 1 unspecified atom stereocenters. The number of hydrogen-bond donors (Lipinski definition) is 1. The van der Waals surface area contributed by atoms with Crippen molar-refractivity contribution in [1.29, 1.82) is 0 Å². The number of para-hydroxylation sites is 1. The van der Waals surface area contributed by atoms with E-state index in [-0.39, 0.29) is 18.2 Å². The fourth-order valence-electron chi connectivity index (χ4n) is 2.26. The molecule has 6 nitrogen and oxygen atoms in total. The summed E-state index contributed by atoms with van der Waals surface area (Å²) in [4.78, 5) is 25.6. The van der Waals surface area contributed by atoms with Gasteiger partial charge in [-0.15, -0.1) is 0 Å². The number of aryl methyl sites for hydroxylation is 1. The van der Waals surface area contributed by atoms with Gasteiger partial charge < -0.3 is 5.32 Å². The fraction of sp³-hybridized carbons (Fsp3) is 0.214. The van der Waals surface area contributed by atoms with Crippen LogP contribution >= 0.6 is 0 Å². The summed E-state index contributed by atoms with van der Waals surface area (Å²) in [5, 5.41) is 7.15. The molecule has 1 N–H and O–H groups in total. The smallest absolute Gasteiger partial charge is 0.256 e. The molecule has 2 amide bonds. The van der Waals surface area contributed by atoms with Crippen molar-refractivity contribution in [2.24, 2.45) is 7.05 Å². The minimum Gasteiger partial charge on any atom is -0.356 e. The van der Waals surface area contributed by atoms with Crippen molar-refractivity contribution in [3.8, 4) is 0 Å². The molecule has 3 rings (SSSR count). The van der Waals surface area contributed by atoms with Gasteiger partial charge in [0.05, 0.1) is 12.1 Å². The summed E-state index contributed by atoms with van der Waals surface area (Å²) in [5.41, 5.74) is 0.604. The van der Waals surface area contributed by atoms with Gasteiger partial charge in [0.25, 0.3) is 5.91 Å². The minimum atomic E-state index is -0.558. The molecule has 0 bridgehead atoms. The summed E-state index contributed by atoms with van der Waals surface area (Å²) < 4.78 is 1.64. The van der Waals surface area contributed by atoms with Gasteiger partial charge in [-0.2, -0.15) is 5.10 Å². The van der Waals surface area contributed by atoms with Gasteiger partial charge in [0.1, 0.15) is 11.9 Å². The molecule has 0 aliphatic carbocycles. The Balaban J connectivity index is 1.80. The normalized spacial score (nSPS) is 18.6. The lowest BCUT2D eigenvalue weighted by Gasteiger charge is -2.15. The fourth-order valence-corrected chi connectivity index (χ4v) is 2.26. The maximum atomic E-state index is 12.3. The second kappa shape index (κ2) is 4.80. The van der Waals surface area contributed by atoms with Crippen LogP contribution in [0.25, 0.3) is 0 Å². The molecule has 0 radical (unpaired) electrons. The highest BCUT2D eigenvalue weighted by Gasteiger charge is 2.39. The van der Waals surface area contributed by atoms with Crippen molar-refractivity contribution >= 4 is 23.3 Å². The van der Waals surface area contributed by atoms with Crippen LogP contribution in [0.15, 0.2) is 42.6 Å². The lowest BCUT2D eigenvalue weighted by molar-refractivity contribution is -0.121. The first-order valence-electron chi connectivity index (χ1n) is 6.33. The summed E-state index contributed by atoms with van der Waals surface area (Å²) in [6, 6.07) is 10.2. The highest BCUT2D eigenvalue weighted by atomic mass is 16.2. The predicted octanol–water partition coefficient (Wildman–Crippen LogP) is 1.16. The highest BCUT2D eigenvalue weighted by molar-refractivity contribution is 6.23. The van der Waals surface area contributed by atoms with E-state index in [0.717, 1.165) is 0 Å². The number of nitrogens with one attached hydrogen (secondary N) is 1. The van der Waals surface area contributed by atoms with Crippen LogP contribution in [0.4, 0.5) is 11.5 Å². The number of anilines is 2. The second-order valence-corrected chi connectivity index (χ2v) is 4.68. The highest BCUT2D eigenvalue weighted by Crippen LogP contribution is 2.24. The van der Waals surface area contributed by atoms with E-state index < -0.39 is 6.04 Å². The topological polar surface area (TPSA) is 67.2 Å². The molecule has 1 fully saturated rings. The molecule has 2 aromatic rings. The Morgan fingerprint density at radius 1 is 1.20 bits per heavy atom. The van der Waals surface area contributed by atoms with Gasteiger partial charge in [-0.25, -0.2) is 4.90 Å². The summed E-state index contributed by atoms with van der Waals surface area (Å²) in [6.07, 6.45) is 1.92. The Labute approximate surface area is 116 Å². The number of nitrogens with zero attached hydrogens (tertiary/aromatic N) is 3. The molecule has 0 spiro atoms.